The molecular weight excluding hydrogens is 324 g/mol. The van der Waals surface area contributed by atoms with E-state index in [1.54, 1.807) is 4.90 Å². The Bertz CT molecular complexity index is 750. The number of aromatic nitrogens is 2. The lowest BCUT2D eigenvalue weighted by molar-refractivity contribution is -0.120. The number of halogens is 1. The molecule has 0 bridgehead atoms. The zero-order chi connectivity index (χ0) is 17.1. The van der Waals surface area contributed by atoms with Crippen molar-refractivity contribution in [3.8, 4) is 0 Å². The van der Waals surface area contributed by atoms with E-state index >= 15 is 0 Å². The first-order valence-electron chi connectivity index (χ1n) is 8.25. The van der Waals surface area contributed by atoms with Gasteiger partial charge < -0.3 is 10.2 Å². The van der Waals surface area contributed by atoms with E-state index in [1.165, 1.54) is 0 Å². The van der Waals surface area contributed by atoms with E-state index in [4.69, 9.17) is 11.6 Å². The lowest BCUT2D eigenvalue weighted by atomic mass is 10.0. The predicted molar refractivity (Wildman–Crippen MR) is 96.6 cm³/mol. The van der Waals surface area contributed by atoms with Crippen molar-refractivity contribution in [1.82, 2.24) is 9.97 Å². The average Bonchev–Trinajstić information content (AvgIpc) is 2.57. The van der Waals surface area contributed by atoms with E-state index in [-0.39, 0.29) is 11.9 Å². The highest BCUT2D eigenvalue weighted by atomic mass is 35.5. The van der Waals surface area contributed by atoms with Gasteiger partial charge in [-0.25, -0.2) is 9.97 Å². The van der Waals surface area contributed by atoms with Gasteiger partial charge in [-0.2, -0.15) is 0 Å². The van der Waals surface area contributed by atoms with Gasteiger partial charge in [0.25, 0.3) is 0 Å². The van der Waals surface area contributed by atoms with Crippen molar-refractivity contribution < 1.29 is 4.79 Å². The standard InChI is InChI=1S/C18H21ClN4O/c1-3-13-11-17(21-12(2)20-13)22-15-8-6-10-23(18(15)24)16-9-5-4-7-14(16)19/h4-5,7,9,11,15H,3,6,8,10H2,1-2H3,(H,20,21,22). The van der Waals surface area contributed by atoms with Crippen LogP contribution in [0.4, 0.5) is 11.5 Å². The summed E-state index contributed by atoms with van der Waals surface area (Å²) in [6.45, 7) is 4.60. The fraction of sp³-hybridized carbons (Fsp3) is 0.389. The molecule has 1 amide bonds. The normalized spacial score (nSPS) is 17.9. The molecule has 0 aliphatic carbocycles. The van der Waals surface area contributed by atoms with Crippen LogP contribution in [0.5, 0.6) is 0 Å². The fourth-order valence-electron chi connectivity index (χ4n) is 2.98. The summed E-state index contributed by atoms with van der Waals surface area (Å²) >= 11 is 6.26. The van der Waals surface area contributed by atoms with Crippen LogP contribution in [0.3, 0.4) is 0 Å². The minimum atomic E-state index is -0.297. The number of carbonyl (C=O) groups excluding carboxylic acids is 1. The largest absolute Gasteiger partial charge is 0.358 e. The summed E-state index contributed by atoms with van der Waals surface area (Å²) in [7, 11) is 0. The van der Waals surface area contributed by atoms with E-state index in [2.05, 4.69) is 22.2 Å². The van der Waals surface area contributed by atoms with E-state index in [9.17, 15) is 4.79 Å². The third kappa shape index (κ3) is 3.51. The van der Waals surface area contributed by atoms with Crippen molar-refractivity contribution in [3.05, 3.63) is 46.9 Å². The van der Waals surface area contributed by atoms with Crippen LogP contribution in [0.25, 0.3) is 0 Å². The minimum absolute atomic E-state index is 0.0312. The molecule has 1 aliphatic heterocycles. The van der Waals surface area contributed by atoms with Crippen molar-refractivity contribution in [3.63, 3.8) is 0 Å². The Morgan fingerprint density at radius 2 is 2.12 bits per heavy atom. The third-order valence-electron chi connectivity index (χ3n) is 4.16. The van der Waals surface area contributed by atoms with E-state index < -0.39 is 0 Å². The molecule has 1 aromatic heterocycles. The Morgan fingerprint density at radius 1 is 1.33 bits per heavy atom. The van der Waals surface area contributed by atoms with Gasteiger partial charge in [0.2, 0.25) is 5.91 Å². The molecule has 1 fully saturated rings. The molecule has 3 rings (SSSR count). The number of rotatable bonds is 4. The number of amides is 1. The van der Waals surface area contributed by atoms with Crippen LogP contribution in [0.2, 0.25) is 5.02 Å². The van der Waals surface area contributed by atoms with Gasteiger partial charge in [0, 0.05) is 18.3 Å². The highest BCUT2D eigenvalue weighted by molar-refractivity contribution is 6.33. The molecule has 1 unspecified atom stereocenters. The van der Waals surface area contributed by atoms with Crippen molar-refractivity contribution in [1.29, 1.82) is 0 Å². The number of piperidine rings is 1. The number of nitrogens with zero attached hydrogens (tertiary/aromatic N) is 3. The summed E-state index contributed by atoms with van der Waals surface area (Å²) in [5, 5.41) is 3.88. The molecule has 0 spiro atoms. The first-order chi connectivity index (χ1) is 11.6. The van der Waals surface area contributed by atoms with E-state index in [0.717, 1.165) is 30.6 Å². The Morgan fingerprint density at radius 3 is 2.88 bits per heavy atom. The van der Waals surface area contributed by atoms with Gasteiger partial charge in [-0.15, -0.1) is 0 Å². The number of aryl methyl sites for hydroxylation is 2. The smallest absolute Gasteiger partial charge is 0.249 e. The molecule has 2 aromatic rings. The second-order valence-electron chi connectivity index (χ2n) is 5.93. The summed E-state index contributed by atoms with van der Waals surface area (Å²) in [4.78, 5) is 23.4. The zero-order valence-electron chi connectivity index (χ0n) is 13.9. The number of para-hydroxylation sites is 1. The van der Waals surface area contributed by atoms with Gasteiger partial charge in [0.1, 0.15) is 17.7 Å². The quantitative estimate of drug-likeness (QED) is 0.920. The lowest BCUT2D eigenvalue weighted by Gasteiger charge is -2.33. The van der Waals surface area contributed by atoms with E-state index in [0.29, 0.717) is 23.2 Å². The first kappa shape index (κ1) is 16.7. The number of hydrogen-bond acceptors (Lipinski definition) is 4. The Balaban J connectivity index is 1.81. The van der Waals surface area contributed by atoms with Crippen molar-refractivity contribution in [2.24, 2.45) is 0 Å². The topological polar surface area (TPSA) is 58.1 Å². The minimum Gasteiger partial charge on any atom is -0.358 e. The zero-order valence-corrected chi connectivity index (χ0v) is 14.7. The predicted octanol–water partition coefficient (Wildman–Crippen LogP) is 3.61. The maximum atomic E-state index is 12.9. The van der Waals surface area contributed by atoms with Gasteiger partial charge in [-0.1, -0.05) is 30.7 Å². The monoisotopic (exact) mass is 344 g/mol. The highest BCUT2D eigenvalue weighted by Gasteiger charge is 2.30. The van der Waals surface area contributed by atoms with Crippen LogP contribution >= 0.6 is 11.6 Å². The molecule has 1 aliphatic rings. The first-order valence-corrected chi connectivity index (χ1v) is 8.63. The maximum Gasteiger partial charge on any atom is 0.249 e. The number of nitrogens with one attached hydrogen (secondary N) is 1. The van der Waals surface area contributed by atoms with Gasteiger partial charge >= 0.3 is 0 Å². The van der Waals surface area contributed by atoms with Crippen molar-refractivity contribution >= 4 is 29.0 Å². The van der Waals surface area contributed by atoms with Crippen LogP contribution in [0, 0.1) is 6.92 Å². The highest BCUT2D eigenvalue weighted by Crippen LogP contribution is 2.29. The Kier molecular flexibility index (Phi) is 5.00. The molecular formula is C18H21ClN4O. The van der Waals surface area contributed by atoms with Gasteiger partial charge in [0.05, 0.1) is 10.7 Å². The molecule has 126 valence electrons. The van der Waals surface area contributed by atoms with Crippen LogP contribution in [-0.2, 0) is 11.2 Å². The summed E-state index contributed by atoms with van der Waals surface area (Å²) < 4.78 is 0. The summed E-state index contributed by atoms with van der Waals surface area (Å²) in [5.41, 5.74) is 1.74. The van der Waals surface area contributed by atoms with Gasteiger partial charge in [0.15, 0.2) is 0 Å². The maximum absolute atomic E-state index is 12.9. The van der Waals surface area contributed by atoms with Gasteiger partial charge in [-0.3, -0.25) is 4.79 Å². The van der Waals surface area contributed by atoms with Crippen molar-refractivity contribution in [2.75, 3.05) is 16.8 Å². The Hall–Kier alpha value is -2.14. The third-order valence-corrected chi connectivity index (χ3v) is 4.48. The SMILES string of the molecule is CCc1cc(NC2CCCN(c3ccccc3Cl)C2=O)nc(C)n1. The molecule has 6 heteroatoms. The number of hydrogen-bond donors (Lipinski definition) is 1. The molecule has 5 nitrogen and oxygen atoms in total. The summed E-state index contributed by atoms with van der Waals surface area (Å²) in [5.74, 6) is 1.45. The molecule has 1 aromatic carbocycles. The fourth-order valence-corrected chi connectivity index (χ4v) is 3.22. The van der Waals surface area contributed by atoms with Crippen LogP contribution < -0.4 is 10.2 Å². The van der Waals surface area contributed by atoms with Crippen LogP contribution in [0.1, 0.15) is 31.3 Å². The molecule has 1 saturated heterocycles. The number of anilines is 2. The Labute approximate surface area is 147 Å². The molecule has 1 N–H and O–H groups in total. The summed E-state index contributed by atoms with van der Waals surface area (Å²) in [6.07, 6.45) is 2.53. The second kappa shape index (κ2) is 7.18. The molecule has 0 radical (unpaired) electrons. The van der Waals surface area contributed by atoms with Crippen molar-refractivity contribution in [2.45, 2.75) is 39.2 Å². The molecule has 2 heterocycles. The molecule has 1 atom stereocenters. The molecule has 0 saturated carbocycles. The molecule has 24 heavy (non-hydrogen) atoms. The van der Waals surface area contributed by atoms with Gasteiger partial charge in [-0.05, 0) is 38.3 Å². The van der Waals surface area contributed by atoms with Crippen LogP contribution in [-0.4, -0.2) is 28.5 Å². The van der Waals surface area contributed by atoms with E-state index in [1.807, 2.05) is 37.3 Å². The number of carbonyl (C=O) groups is 1. The van der Waals surface area contributed by atoms with Crippen LogP contribution in [0.15, 0.2) is 30.3 Å². The number of benzene rings is 1. The summed E-state index contributed by atoms with van der Waals surface area (Å²) in [6, 6.07) is 9.07. The average molecular weight is 345 g/mol. The second-order valence-corrected chi connectivity index (χ2v) is 6.33. The lowest BCUT2D eigenvalue weighted by Crippen LogP contribution is -2.48.